The highest BCUT2D eigenvalue weighted by molar-refractivity contribution is 5.80. The first-order valence-electron chi connectivity index (χ1n) is 7.12. The molecule has 1 amide bonds. The maximum Gasteiger partial charge on any atom is 0.260 e. The summed E-state index contributed by atoms with van der Waals surface area (Å²) in [5.74, 6) is 0.649. The van der Waals surface area contributed by atoms with E-state index >= 15 is 0 Å². The number of ether oxygens (including phenoxy) is 2. The average Bonchev–Trinajstić information content (AvgIpc) is 2.40. The lowest BCUT2D eigenvalue weighted by atomic mass is 10.2. The third-order valence-corrected chi connectivity index (χ3v) is 2.84. The summed E-state index contributed by atoms with van der Waals surface area (Å²) in [7, 11) is 0. The molecule has 20 heavy (non-hydrogen) atoms. The summed E-state index contributed by atoms with van der Waals surface area (Å²) in [4.78, 5) is 11.9. The van der Waals surface area contributed by atoms with E-state index in [1.54, 1.807) is 6.92 Å². The van der Waals surface area contributed by atoms with Crippen LogP contribution in [0.4, 0.5) is 0 Å². The smallest absolute Gasteiger partial charge is 0.260 e. The maximum atomic E-state index is 11.9. The number of nitrogens with one attached hydrogen (secondary N) is 1. The van der Waals surface area contributed by atoms with Crippen LogP contribution >= 0.6 is 0 Å². The van der Waals surface area contributed by atoms with E-state index in [1.165, 1.54) is 0 Å². The largest absolute Gasteiger partial charge is 0.481 e. The minimum atomic E-state index is -0.498. The lowest BCUT2D eigenvalue weighted by molar-refractivity contribution is -0.127. The quantitative estimate of drug-likeness (QED) is 0.744. The summed E-state index contributed by atoms with van der Waals surface area (Å²) >= 11 is 0. The second kappa shape index (κ2) is 8.59. The van der Waals surface area contributed by atoms with Crippen molar-refractivity contribution in [2.45, 2.75) is 46.3 Å². The first-order chi connectivity index (χ1) is 9.50. The van der Waals surface area contributed by atoms with Crippen molar-refractivity contribution in [3.8, 4) is 5.75 Å². The van der Waals surface area contributed by atoms with Crippen LogP contribution in [0.1, 0.15) is 32.8 Å². The molecule has 0 spiro atoms. The minimum Gasteiger partial charge on any atom is -0.481 e. The molecule has 4 nitrogen and oxygen atoms in total. The van der Waals surface area contributed by atoms with Gasteiger partial charge in [-0.1, -0.05) is 18.2 Å². The van der Waals surface area contributed by atoms with Crippen LogP contribution in [0.15, 0.2) is 24.3 Å². The number of amides is 1. The molecular weight excluding hydrogens is 254 g/mol. The predicted molar refractivity (Wildman–Crippen MR) is 80.0 cm³/mol. The Balaban J connectivity index is 2.28. The molecule has 1 atom stereocenters. The number of carbonyl (C=O) groups is 1. The van der Waals surface area contributed by atoms with E-state index in [1.807, 2.05) is 45.0 Å². The van der Waals surface area contributed by atoms with Gasteiger partial charge in [0.1, 0.15) is 5.75 Å². The number of para-hydroxylation sites is 1. The molecule has 0 heterocycles. The topological polar surface area (TPSA) is 47.6 Å². The molecule has 0 fully saturated rings. The van der Waals surface area contributed by atoms with Crippen molar-refractivity contribution in [1.82, 2.24) is 5.32 Å². The van der Waals surface area contributed by atoms with Gasteiger partial charge in [-0.05, 0) is 45.7 Å². The van der Waals surface area contributed by atoms with Crippen molar-refractivity contribution in [1.29, 1.82) is 0 Å². The number of benzene rings is 1. The summed E-state index contributed by atoms with van der Waals surface area (Å²) in [6.45, 7) is 8.97. The highest BCUT2D eigenvalue weighted by Crippen LogP contribution is 2.17. The van der Waals surface area contributed by atoms with Crippen LogP contribution in [0.3, 0.4) is 0 Å². The molecule has 0 aromatic heterocycles. The van der Waals surface area contributed by atoms with Crippen molar-refractivity contribution in [3.05, 3.63) is 29.8 Å². The van der Waals surface area contributed by atoms with Gasteiger partial charge in [0.2, 0.25) is 0 Å². The van der Waals surface area contributed by atoms with Crippen molar-refractivity contribution in [2.75, 3.05) is 13.2 Å². The Morgan fingerprint density at radius 1 is 1.25 bits per heavy atom. The zero-order valence-corrected chi connectivity index (χ0v) is 12.8. The zero-order chi connectivity index (χ0) is 15.0. The Bertz CT molecular complexity index is 418. The van der Waals surface area contributed by atoms with Gasteiger partial charge in [-0.3, -0.25) is 4.79 Å². The molecule has 1 N–H and O–H groups in total. The van der Waals surface area contributed by atoms with E-state index in [9.17, 15) is 4.79 Å². The Labute approximate surface area is 121 Å². The van der Waals surface area contributed by atoms with Crippen LogP contribution in [0.5, 0.6) is 5.75 Å². The Hall–Kier alpha value is -1.55. The molecule has 1 rings (SSSR count). The van der Waals surface area contributed by atoms with Gasteiger partial charge in [-0.2, -0.15) is 0 Å². The van der Waals surface area contributed by atoms with E-state index in [4.69, 9.17) is 9.47 Å². The predicted octanol–water partition coefficient (Wildman–Crippen LogP) is 2.69. The van der Waals surface area contributed by atoms with Crippen LogP contribution in [-0.2, 0) is 9.53 Å². The summed E-state index contributed by atoms with van der Waals surface area (Å²) in [5, 5.41) is 2.85. The molecule has 0 saturated heterocycles. The second-order valence-corrected chi connectivity index (χ2v) is 5.09. The Morgan fingerprint density at radius 2 is 1.95 bits per heavy atom. The fraction of sp³-hybridized carbons (Fsp3) is 0.562. The van der Waals surface area contributed by atoms with Crippen molar-refractivity contribution < 1.29 is 14.3 Å². The molecule has 0 aliphatic rings. The van der Waals surface area contributed by atoms with Crippen LogP contribution in [0, 0.1) is 6.92 Å². The van der Waals surface area contributed by atoms with Gasteiger partial charge in [-0.25, -0.2) is 0 Å². The highest BCUT2D eigenvalue weighted by atomic mass is 16.5. The van der Waals surface area contributed by atoms with Crippen LogP contribution in [0.25, 0.3) is 0 Å². The van der Waals surface area contributed by atoms with Crippen LogP contribution < -0.4 is 10.1 Å². The van der Waals surface area contributed by atoms with Gasteiger partial charge in [-0.15, -0.1) is 0 Å². The van der Waals surface area contributed by atoms with E-state index in [2.05, 4.69) is 5.32 Å². The standard InChI is InChI=1S/C16H25NO3/c1-12(2)19-11-7-10-17-16(18)14(4)20-15-9-6-5-8-13(15)3/h5-6,8-9,12,14H,7,10-11H2,1-4H3,(H,17,18). The van der Waals surface area contributed by atoms with E-state index in [0.717, 1.165) is 17.7 Å². The fourth-order valence-electron chi connectivity index (χ4n) is 1.68. The lowest BCUT2D eigenvalue weighted by Crippen LogP contribution is -2.37. The number of hydrogen-bond donors (Lipinski definition) is 1. The molecule has 1 aromatic rings. The first kappa shape index (κ1) is 16.5. The van der Waals surface area contributed by atoms with Crippen LogP contribution in [-0.4, -0.2) is 31.3 Å². The van der Waals surface area contributed by atoms with Crippen molar-refractivity contribution >= 4 is 5.91 Å². The molecule has 0 bridgehead atoms. The number of rotatable bonds is 8. The normalized spacial score (nSPS) is 12.2. The number of aryl methyl sites for hydroxylation is 1. The van der Waals surface area contributed by atoms with Gasteiger partial charge < -0.3 is 14.8 Å². The first-order valence-corrected chi connectivity index (χ1v) is 7.12. The third kappa shape index (κ3) is 6.06. The molecular formula is C16H25NO3. The molecule has 0 saturated carbocycles. The summed E-state index contributed by atoms with van der Waals surface area (Å²) < 4.78 is 11.1. The van der Waals surface area contributed by atoms with Gasteiger partial charge >= 0.3 is 0 Å². The van der Waals surface area contributed by atoms with E-state index < -0.39 is 6.10 Å². The summed E-state index contributed by atoms with van der Waals surface area (Å²) in [6.07, 6.45) is 0.539. The van der Waals surface area contributed by atoms with Gasteiger partial charge in [0.05, 0.1) is 6.10 Å². The van der Waals surface area contributed by atoms with Gasteiger partial charge in [0.25, 0.3) is 5.91 Å². The second-order valence-electron chi connectivity index (χ2n) is 5.09. The van der Waals surface area contributed by atoms with Gasteiger partial charge in [0.15, 0.2) is 6.10 Å². The zero-order valence-electron chi connectivity index (χ0n) is 12.8. The monoisotopic (exact) mass is 279 g/mol. The molecule has 0 radical (unpaired) electrons. The molecule has 0 aliphatic heterocycles. The third-order valence-electron chi connectivity index (χ3n) is 2.84. The Kier molecular flexibility index (Phi) is 7.09. The highest BCUT2D eigenvalue weighted by Gasteiger charge is 2.14. The lowest BCUT2D eigenvalue weighted by Gasteiger charge is -2.16. The Morgan fingerprint density at radius 3 is 2.60 bits per heavy atom. The minimum absolute atomic E-state index is 0.0993. The molecule has 1 unspecified atom stereocenters. The number of hydrogen-bond acceptors (Lipinski definition) is 3. The van der Waals surface area contributed by atoms with Crippen molar-refractivity contribution in [2.24, 2.45) is 0 Å². The summed E-state index contributed by atoms with van der Waals surface area (Å²) in [5.41, 5.74) is 1.03. The fourth-order valence-corrected chi connectivity index (χ4v) is 1.68. The molecule has 0 aliphatic carbocycles. The molecule has 112 valence electrons. The average molecular weight is 279 g/mol. The molecule has 1 aromatic carbocycles. The van der Waals surface area contributed by atoms with Crippen LogP contribution in [0.2, 0.25) is 0 Å². The number of carbonyl (C=O) groups excluding carboxylic acids is 1. The van der Waals surface area contributed by atoms with Gasteiger partial charge in [0, 0.05) is 13.2 Å². The maximum absolute atomic E-state index is 11.9. The van der Waals surface area contributed by atoms with Crippen molar-refractivity contribution in [3.63, 3.8) is 0 Å². The van der Waals surface area contributed by atoms with E-state index in [0.29, 0.717) is 13.2 Å². The molecule has 4 heteroatoms. The van der Waals surface area contributed by atoms with E-state index in [-0.39, 0.29) is 12.0 Å². The SMILES string of the molecule is Cc1ccccc1OC(C)C(=O)NCCCOC(C)C. The summed E-state index contributed by atoms with van der Waals surface area (Å²) in [6, 6.07) is 7.68.